The lowest BCUT2D eigenvalue weighted by molar-refractivity contribution is -0.125. The van der Waals surface area contributed by atoms with Crippen LogP contribution in [0.1, 0.15) is 13.8 Å². The summed E-state index contributed by atoms with van der Waals surface area (Å²) in [5.74, 6) is 0.411. The van der Waals surface area contributed by atoms with Crippen molar-refractivity contribution in [1.29, 1.82) is 0 Å². The van der Waals surface area contributed by atoms with Crippen molar-refractivity contribution in [3.8, 4) is 0 Å². The SMILES string of the molecule is COCC(=O)NCCOCCOCCOCCOCC(C)C. The maximum atomic E-state index is 11.0. The van der Waals surface area contributed by atoms with Gasteiger partial charge in [-0.2, -0.15) is 0 Å². The molecule has 0 fully saturated rings. The van der Waals surface area contributed by atoms with E-state index in [0.29, 0.717) is 58.7 Å². The minimum atomic E-state index is -0.142. The average molecular weight is 321 g/mol. The third-order valence-electron chi connectivity index (χ3n) is 2.41. The number of nitrogens with one attached hydrogen (secondary N) is 1. The second-order valence-corrected chi connectivity index (χ2v) is 5.09. The van der Waals surface area contributed by atoms with Crippen LogP contribution in [0.15, 0.2) is 0 Å². The molecule has 132 valence electrons. The Bertz CT molecular complexity index is 250. The summed E-state index contributed by atoms with van der Waals surface area (Å²) in [4.78, 5) is 11.0. The van der Waals surface area contributed by atoms with E-state index in [-0.39, 0.29) is 12.5 Å². The van der Waals surface area contributed by atoms with Crippen molar-refractivity contribution in [2.75, 3.05) is 73.1 Å². The highest BCUT2D eigenvalue weighted by molar-refractivity contribution is 5.77. The Morgan fingerprint density at radius 3 is 1.86 bits per heavy atom. The first-order chi connectivity index (χ1) is 10.7. The lowest BCUT2D eigenvalue weighted by atomic mass is 10.2. The summed E-state index contributed by atoms with van der Waals surface area (Å²) in [7, 11) is 1.48. The molecule has 0 rings (SSSR count). The molecule has 0 saturated carbocycles. The summed E-state index contributed by atoms with van der Waals surface area (Å²) < 4.78 is 26.1. The molecule has 0 saturated heterocycles. The van der Waals surface area contributed by atoms with Gasteiger partial charge in [0.15, 0.2) is 0 Å². The van der Waals surface area contributed by atoms with Crippen LogP contribution in [0.4, 0.5) is 0 Å². The van der Waals surface area contributed by atoms with E-state index in [9.17, 15) is 4.79 Å². The molecule has 7 heteroatoms. The number of carbonyl (C=O) groups excluding carboxylic acids is 1. The van der Waals surface area contributed by atoms with Gasteiger partial charge in [0.25, 0.3) is 0 Å². The minimum absolute atomic E-state index is 0.0750. The van der Waals surface area contributed by atoms with Crippen LogP contribution in [0, 0.1) is 5.92 Å². The van der Waals surface area contributed by atoms with Crippen LogP contribution in [0.25, 0.3) is 0 Å². The van der Waals surface area contributed by atoms with E-state index >= 15 is 0 Å². The maximum absolute atomic E-state index is 11.0. The third kappa shape index (κ3) is 17.3. The summed E-state index contributed by atoms with van der Waals surface area (Å²) in [6, 6.07) is 0. The fraction of sp³-hybridized carbons (Fsp3) is 0.933. The van der Waals surface area contributed by atoms with E-state index in [2.05, 4.69) is 23.9 Å². The molecule has 0 aliphatic heterocycles. The lowest BCUT2D eigenvalue weighted by Crippen LogP contribution is -2.30. The molecule has 0 atom stereocenters. The third-order valence-corrected chi connectivity index (χ3v) is 2.41. The number of hydrogen-bond donors (Lipinski definition) is 1. The highest BCUT2D eigenvalue weighted by atomic mass is 16.6. The van der Waals surface area contributed by atoms with Gasteiger partial charge in [-0.05, 0) is 5.92 Å². The Balaban J connectivity index is 3.04. The molecule has 0 aliphatic carbocycles. The largest absolute Gasteiger partial charge is 0.379 e. The van der Waals surface area contributed by atoms with Crippen LogP contribution in [0.5, 0.6) is 0 Å². The summed E-state index contributed by atoms with van der Waals surface area (Å²) >= 11 is 0. The molecule has 7 nitrogen and oxygen atoms in total. The molecule has 0 aromatic carbocycles. The molecule has 1 amide bonds. The fourth-order valence-electron chi connectivity index (χ4n) is 1.42. The van der Waals surface area contributed by atoms with E-state index in [1.54, 1.807) is 0 Å². The Kier molecular flexibility index (Phi) is 16.1. The maximum Gasteiger partial charge on any atom is 0.246 e. The highest BCUT2D eigenvalue weighted by Crippen LogP contribution is 1.91. The molecule has 0 aromatic rings. The zero-order chi connectivity index (χ0) is 16.5. The summed E-state index contributed by atoms with van der Waals surface area (Å²) in [5, 5.41) is 2.66. The predicted octanol–water partition coefficient (Wildman–Crippen LogP) is 0.471. The van der Waals surface area contributed by atoms with Gasteiger partial charge in [-0.15, -0.1) is 0 Å². The number of carbonyl (C=O) groups is 1. The number of rotatable bonds is 16. The molecule has 0 radical (unpaired) electrons. The van der Waals surface area contributed by atoms with E-state index in [4.69, 9.17) is 18.9 Å². The van der Waals surface area contributed by atoms with E-state index in [1.165, 1.54) is 7.11 Å². The first-order valence-corrected chi connectivity index (χ1v) is 7.73. The Morgan fingerprint density at radius 2 is 1.36 bits per heavy atom. The van der Waals surface area contributed by atoms with Gasteiger partial charge in [0.05, 0.1) is 46.2 Å². The lowest BCUT2D eigenvalue weighted by Gasteiger charge is -2.08. The molecule has 0 aromatic heterocycles. The fourth-order valence-corrected chi connectivity index (χ4v) is 1.42. The average Bonchev–Trinajstić information content (AvgIpc) is 2.47. The van der Waals surface area contributed by atoms with Crippen LogP contribution >= 0.6 is 0 Å². The highest BCUT2D eigenvalue weighted by Gasteiger charge is 1.98. The predicted molar refractivity (Wildman–Crippen MR) is 83.0 cm³/mol. The first kappa shape index (κ1) is 21.3. The van der Waals surface area contributed by atoms with Gasteiger partial charge in [-0.1, -0.05) is 13.8 Å². The molecule has 0 bridgehead atoms. The van der Waals surface area contributed by atoms with Gasteiger partial charge in [0.1, 0.15) is 6.61 Å². The first-order valence-electron chi connectivity index (χ1n) is 7.73. The molecule has 0 unspecified atom stereocenters. The van der Waals surface area contributed by atoms with E-state index < -0.39 is 0 Å². The van der Waals surface area contributed by atoms with Crippen LogP contribution < -0.4 is 5.32 Å². The van der Waals surface area contributed by atoms with Crippen molar-refractivity contribution in [2.45, 2.75) is 13.8 Å². The monoisotopic (exact) mass is 321 g/mol. The van der Waals surface area contributed by atoms with E-state index in [1.807, 2.05) is 0 Å². The van der Waals surface area contributed by atoms with Crippen molar-refractivity contribution in [3.63, 3.8) is 0 Å². The molecule has 0 heterocycles. The van der Waals surface area contributed by atoms with Crippen molar-refractivity contribution >= 4 is 5.91 Å². The second-order valence-electron chi connectivity index (χ2n) is 5.09. The molecule has 0 spiro atoms. The number of amides is 1. The molecular weight excluding hydrogens is 290 g/mol. The van der Waals surface area contributed by atoms with Gasteiger partial charge in [0.2, 0.25) is 5.91 Å². The van der Waals surface area contributed by atoms with Crippen LogP contribution in [-0.4, -0.2) is 79.0 Å². The zero-order valence-corrected chi connectivity index (χ0v) is 14.1. The van der Waals surface area contributed by atoms with Crippen LogP contribution in [-0.2, 0) is 28.5 Å². The van der Waals surface area contributed by atoms with Crippen LogP contribution in [0.3, 0.4) is 0 Å². The molecule has 1 N–H and O–H groups in total. The Morgan fingerprint density at radius 1 is 0.864 bits per heavy atom. The van der Waals surface area contributed by atoms with Gasteiger partial charge in [-0.25, -0.2) is 0 Å². The van der Waals surface area contributed by atoms with Gasteiger partial charge >= 0.3 is 0 Å². The van der Waals surface area contributed by atoms with Crippen LogP contribution in [0.2, 0.25) is 0 Å². The molecular formula is C15H31NO6. The number of methoxy groups -OCH3 is 1. The van der Waals surface area contributed by atoms with Crippen molar-refractivity contribution in [2.24, 2.45) is 5.92 Å². The topological polar surface area (TPSA) is 75.3 Å². The van der Waals surface area contributed by atoms with Crippen molar-refractivity contribution in [1.82, 2.24) is 5.32 Å². The Hall–Kier alpha value is -0.730. The molecule has 22 heavy (non-hydrogen) atoms. The molecule has 0 aliphatic rings. The van der Waals surface area contributed by atoms with Crippen molar-refractivity contribution < 1.29 is 28.5 Å². The van der Waals surface area contributed by atoms with Gasteiger partial charge < -0.3 is 29.0 Å². The standard InChI is InChI=1S/C15H31NO6/c1-14(2)12-22-11-10-21-9-8-20-7-6-19-5-4-16-15(17)13-18-3/h14H,4-13H2,1-3H3,(H,16,17). The second kappa shape index (κ2) is 16.6. The summed E-state index contributed by atoms with van der Waals surface area (Å²) in [6.45, 7) is 9.32. The van der Waals surface area contributed by atoms with Gasteiger partial charge in [-0.3, -0.25) is 4.79 Å². The quantitative estimate of drug-likeness (QED) is 0.417. The number of hydrogen-bond acceptors (Lipinski definition) is 6. The minimum Gasteiger partial charge on any atom is -0.379 e. The normalized spacial score (nSPS) is 11.1. The summed E-state index contributed by atoms with van der Waals surface area (Å²) in [5.41, 5.74) is 0. The van der Waals surface area contributed by atoms with Crippen molar-refractivity contribution in [3.05, 3.63) is 0 Å². The summed E-state index contributed by atoms with van der Waals surface area (Å²) in [6.07, 6.45) is 0. The number of ether oxygens (including phenoxy) is 5. The van der Waals surface area contributed by atoms with Gasteiger partial charge in [0, 0.05) is 20.3 Å². The Labute approximate surface area is 133 Å². The van der Waals surface area contributed by atoms with E-state index in [0.717, 1.165) is 6.61 Å². The zero-order valence-electron chi connectivity index (χ0n) is 14.1. The smallest absolute Gasteiger partial charge is 0.246 e.